The molecule has 0 aliphatic carbocycles. The van der Waals surface area contributed by atoms with Gasteiger partial charge < -0.3 is 0 Å². The van der Waals surface area contributed by atoms with Crippen LogP contribution < -0.4 is 13.9 Å². The second kappa shape index (κ2) is 17.8. The first-order valence-electron chi connectivity index (χ1n) is 1.00. The fraction of sp³-hybridized carbons (Fsp3) is 0. The van der Waals surface area contributed by atoms with E-state index in [4.69, 9.17) is 20.1 Å². The Morgan fingerprint density at radius 3 is 0.800 bits per heavy atom. The van der Waals surface area contributed by atoms with Crippen LogP contribution in [0.3, 0.4) is 0 Å². The van der Waals surface area contributed by atoms with Gasteiger partial charge in [0, 0.05) is 0 Å². The summed E-state index contributed by atoms with van der Waals surface area (Å²) in [6.07, 6.45) is 0. The molecule has 0 spiro atoms. The molecule has 0 rings (SSSR count). The van der Waals surface area contributed by atoms with E-state index in [9.17, 15) is 0 Å². The van der Waals surface area contributed by atoms with Crippen molar-refractivity contribution in [2.24, 2.45) is 0 Å². The molecule has 10 heavy (non-hydrogen) atoms. The van der Waals surface area contributed by atoms with Crippen LogP contribution in [0.15, 0.2) is 0 Å². The van der Waals surface area contributed by atoms with Crippen LogP contribution in [0, 0.1) is 0 Å². The minimum absolute atomic E-state index is 0. The van der Waals surface area contributed by atoms with Gasteiger partial charge >= 0.3 is 116 Å². The van der Waals surface area contributed by atoms with Crippen molar-refractivity contribution in [3.63, 3.8) is 0 Å². The third-order valence-corrected chi connectivity index (χ3v) is 0. The average Bonchev–Trinajstić information content (AvgIpc) is 1.25. The van der Waals surface area contributed by atoms with Crippen molar-refractivity contribution in [3.8, 4) is 0 Å². The maximum atomic E-state index is 8.59. The smallest absolute Gasteiger partial charge is 2.00 e. The van der Waals surface area contributed by atoms with E-state index >= 15 is 0 Å². The molecule has 0 aromatic heterocycles. The zero-order valence-electron chi connectivity index (χ0n) is 4.68. The third kappa shape index (κ3) is 128. The van der Waals surface area contributed by atoms with Gasteiger partial charge in [0.1, 0.15) is 0 Å². The Bertz CT molecular complexity index is 73.7. The summed E-state index contributed by atoms with van der Waals surface area (Å²) in [5.41, 5.74) is 0. The van der Waals surface area contributed by atoms with Crippen molar-refractivity contribution in [1.82, 2.24) is 0 Å². The van der Waals surface area contributed by atoms with E-state index in [1.54, 1.807) is 0 Å². The fourth-order valence-corrected chi connectivity index (χ4v) is 0. The van der Waals surface area contributed by atoms with Crippen LogP contribution >= 0.6 is 0 Å². The standard InChI is InChI=1S/Cd.Hg.2H2O3Te/c;;2*1-4(2)3/h;;2*(H2,1,2,3)/q2*+2;;/p-4. The maximum absolute atomic E-state index is 8.59. The van der Waals surface area contributed by atoms with Crippen molar-refractivity contribution >= 4 is 40.7 Å². The van der Waals surface area contributed by atoms with Gasteiger partial charge in [0.15, 0.2) is 0 Å². The van der Waals surface area contributed by atoms with Crippen molar-refractivity contribution in [3.05, 3.63) is 0 Å². The monoisotopic (exact) mass is 672 g/mol. The van der Waals surface area contributed by atoms with Crippen molar-refractivity contribution in [2.75, 3.05) is 0 Å². The zero-order valence-corrected chi connectivity index (χ0v) is 18.9. The Labute approximate surface area is 113 Å². The summed E-state index contributed by atoms with van der Waals surface area (Å²) in [7, 11) is 0. The average molecular weight is 664 g/mol. The Hall–Kier alpha value is 2.88. The number of rotatable bonds is 0. The fourth-order valence-electron chi connectivity index (χ4n) is 0. The Morgan fingerprint density at radius 2 is 0.800 bits per heavy atom. The summed E-state index contributed by atoms with van der Waals surface area (Å²) in [6.45, 7) is 0. The molecule has 0 atom stereocenters. The molecule has 0 amide bonds. The second-order valence-corrected chi connectivity index (χ2v) is 2.74. The Balaban J connectivity index is -0.0000000300. The predicted octanol–water partition coefficient (Wildman–Crippen LogP) is -5.76. The van der Waals surface area contributed by atoms with Gasteiger partial charge in [-0.15, -0.1) is 0 Å². The van der Waals surface area contributed by atoms with E-state index in [0.29, 0.717) is 0 Å². The minimum Gasteiger partial charge on any atom is 2.00 e. The maximum Gasteiger partial charge on any atom is 2.00 e. The van der Waals surface area contributed by atoms with Gasteiger partial charge in [-0.05, 0) is 0 Å². The predicted molar refractivity (Wildman–Crippen MR) is 12.9 cm³/mol. The Kier molecular flexibility index (Phi) is 41.1. The molecular weight excluding hydrogens is 664 g/mol. The van der Waals surface area contributed by atoms with E-state index in [-0.39, 0.29) is 55.0 Å². The van der Waals surface area contributed by atoms with Crippen LogP contribution in [0.5, 0.6) is 0 Å². The summed E-state index contributed by atoms with van der Waals surface area (Å²) in [5.74, 6) is 0. The summed E-state index contributed by atoms with van der Waals surface area (Å²) in [6, 6.07) is 0. The second-order valence-electron chi connectivity index (χ2n) is 0.408. The largest absolute Gasteiger partial charge is 2.00 e. The van der Waals surface area contributed by atoms with Crippen LogP contribution in [0.2, 0.25) is 0 Å². The molecule has 0 fully saturated rings. The van der Waals surface area contributed by atoms with E-state index in [0.717, 1.165) is 0 Å². The molecule has 6 nitrogen and oxygen atoms in total. The van der Waals surface area contributed by atoms with Gasteiger partial charge in [0.05, 0.1) is 0 Å². The summed E-state index contributed by atoms with van der Waals surface area (Å²) in [4.78, 5) is 0. The van der Waals surface area contributed by atoms with Crippen LogP contribution in [-0.2, 0) is 61.2 Å². The first kappa shape index (κ1) is 23.1. The van der Waals surface area contributed by atoms with Crippen LogP contribution in [0.25, 0.3) is 0 Å². The number of hydrogen-bond acceptors (Lipinski definition) is 6. The van der Waals surface area contributed by atoms with Crippen LogP contribution in [0.4, 0.5) is 0 Å². The topological polar surface area (TPSA) is 126 Å². The molecule has 0 radical (unpaired) electrons. The van der Waals surface area contributed by atoms with Gasteiger partial charge in [-0.25, -0.2) is 0 Å². The molecule has 0 heterocycles. The summed E-state index contributed by atoms with van der Waals surface area (Å²) in [5, 5.41) is 0. The molecule has 0 unspecified atom stereocenters. The van der Waals surface area contributed by atoms with Gasteiger partial charge in [-0.3, -0.25) is 0 Å². The molecule has 0 saturated carbocycles. The van der Waals surface area contributed by atoms with Crippen molar-refractivity contribution < 1.29 is 75.1 Å². The zero-order chi connectivity index (χ0) is 7.15. The SMILES string of the molecule is O=[Te]([O-])[O-].O=[Te]([O-])[O-].[Cd+2].[Hg+2]. The van der Waals surface area contributed by atoms with Crippen molar-refractivity contribution in [2.45, 2.75) is 0 Å². The van der Waals surface area contributed by atoms with Crippen LogP contribution in [-0.4, -0.2) is 40.7 Å². The van der Waals surface area contributed by atoms with Gasteiger partial charge in [-0.1, -0.05) is 0 Å². The van der Waals surface area contributed by atoms with E-state index < -0.39 is 40.7 Å². The first-order chi connectivity index (χ1) is 3.46. The molecule has 10 heteroatoms. The normalized spacial score (nSPS) is 7.00. The third-order valence-electron chi connectivity index (χ3n) is 0. The summed E-state index contributed by atoms with van der Waals surface area (Å²) < 4.78 is 51.5. The van der Waals surface area contributed by atoms with Crippen molar-refractivity contribution in [1.29, 1.82) is 0 Å². The van der Waals surface area contributed by atoms with Crippen LogP contribution in [0.1, 0.15) is 0 Å². The molecule has 0 bridgehead atoms. The minimum atomic E-state index is -4.11. The Morgan fingerprint density at radius 1 is 0.800 bits per heavy atom. The van der Waals surface area contributed by atoms with Gasteiger partial charge in [0.25, 0.3) is 0 Å². The first-order valence-corrected chi connectivity index (χ1v) is 6.71. The summed E-state index contributed by atoms with van der Waals surface area (Å²) >= 11 is -8.21. The number of hydrogen-bond donors (Lipinski definition) is 0. The molecular formula is CdHgO6Te2. The molecule has 0 aliphatic rings. The van der Waals surface area contributed by atoms with E-state index in [1.165, 1.54) is 0 Å². The molecule has 0 N–H and O–H groups in total. The van der Waals surface area contributed by atoms with Gasteiger partial charge in [-0.2, -0.15) is 0 Å². The molecule has 0 aromatic rings. The molecule has 52 valence electrons. The van der Waals surface area contributed by atoms with E-state index in [1.807, 2.05) is 0 Å². The van der Waals surface area contributed by atoms with Gasteiger partial charge in [0.2, 0.25) is 0 Å². The molecule has 0 aliphatic heterocycles. The molecule has 0 saturated heterocycles. The van der Waals surface area contributed by atoms with E-state index in [2.05, 4.69) is 0 Å². The quantitative estimate of drug-likeness (QED) is 0.238. The molecule has 0 aromatic carbocycles.